The van der Waals surface area contributed by atoms with E-state index in [4.69, 9.17) is 15.2 Å². The van der Waals surface area contributed by atoms with E-state index >= 15 is 0 Å². The molecule has 0 spiro atoms. The zero-order valence-electron chi connectivity index (χ0n) is 13.2. The van der Waals surface area contributed by atoms with Crippen molar-refractivity contribution in [3.8, 4) is 11.5 Å². The number of primary amides is 1. The summed E-state index contributed by atoms with van der Waals surface area (Å²) in [5.74, 6) is 0.933. The molecule has 0 aliphatic carbocycles. The minimum absolute atomic E-state index is 0.236. The molecule has 1 aromatic carbocycles. The SMILES string of the molecule is COc1cccc(C(=O)Nc2nc(CSCC(N)=O)cs2)c1OC. The van der Waals surface area contributed by atoms with Crippen molar-refractivity contribution in [2.24, 2.45) is 5.73 Å². The van der Waals surface area contributed by atoms with Crippen molar-refractivity contribution in [2.75, 3.05) is 25.3 Å². The summed E-state index contributed by atoms with van der Waals surface area (Å²) in [4.78, 5) is 27.5. The van der Waals surface area contributed by atoms with Gasteiger partial charge in [0.1, 0.15) is 0 Å². The lowest BCUT2D eigenvalue weighted by Crippen LogP contribution is -2.14. The first kappa shape index (κ1) is 18.1. The summed E-state index contributed by atoms with van der Waals surface area (Å²) < 4.78 is 10.4. The van der Waals surface area contributed by atoms with Gasteiger partial charge in [-0.3, -0.25) is 14.9 Å². The van der Waals surface area contributed by atoms with Crippen molar-refractivity contribution in [3.05, 3.63) is 34.8 Å². The Kier molecular flexibility index (Phi) is 6.44. The van der Waals surface area contributed by atoms with Crippen molar-refractivity contribution in [1.29, 1.82) is 0 Å². The highest BCUT2D eigenvalue weighted by molar-refractivity contribution is 7.99. The summed E-state index contributed by atoms with van der Waals surface area (Å²) in [6, 6.07) is 5.07. The second kappa shape index (κ2) is 8.55. The molecule has 0 unspecified atom stereocenters. The Labute approximate surface area is 147 Å². The fraction of sp³-hybridized carbons (Fsp3) is 0.267. The highest BCUT2D eigenvalue weighted by Gasteiger charge is 2.17. The van der Waals surface area contributed by atoms with Gasteiger partial charge in [-0.15, -0.1) is 23.1 Å². The van der Waals surface area contributed by atoms with Crippen LogP contribution in [0.1, 0.15) is 16.1 Å². The topological polar surface area (TPSA) is 104 Å². The molecule has 7 nitrogen and oxygen atoms in total. The number of carbonyl (C=O) groups excluding carboxylic acids is 2. The van der Waals surface area contributed by atoms with E-state index in [9.17, 15) is 9.59 Å². The van der Waals surface area contributed by atoms with Crippen molar-refractivity contribution < 1.29 is 19.1 Å². The van der Waals surface area contributed by atoms with Crippen LogP contribution in [0.3, 0.4) is 0 Å². The molecular formula is C15H17N3O4S2. The fourth-order valence-electron chi connectivity index (χ4n) is 1.92. The second-order valence-electron chi connectivity index (χ2n) is 4.60. The number of nitrogens with two attached hydrogens (primary N) is 1. The highest BCUT2D eigenvalue weighted by Crippen LogP contribution is 2.31. The van der Waals surface area contributed by atoms with E-state index in [0.29, 0.717) is 27.9 Å². The van der Waals surface area contributed by atoms with Crippen molar-refractivity contribution >= 4 is 40.0 Å². The van der Waals surface area contributed by atoms with E-state index in [1.165, 1.54) is 37.3 Å². The Bertz CT molecular complexity index is 733. The number of para-hydroxylation sites is 1. The van der Waals surface area contributed by atoms with Gasteiger partial charge in [-0.2, -0.15) is 0 Å². The molecule has 0 aliphatic heterocycles. The average Bonchev–Trinajstić information content (AvgIpc) is 3.00. The Hall–Kier alpha value is -2.26. The largest absolute Gasteiger partial charge is 0.493 e. The molecule has 0 atom stereocenters. The molecule has 1 heterocycles. The molecule has 0 saturated carbocycles. The molecule has 1 aromatic heterocycles. The lowest BCUT2D eigenvalue weighted by Gasteiger charge is -2.11. The number of amides is 2. The van der Waals surface area contributed by atoms with Gasteiger partial charge in [-0.05, 0) is 12.1 Å². The van der Waals surface area contributed by atoms with Crippen LogP contribution in [0, 0.1) is 0 Å². The summed E-state index contributed by atoms with van der Waals surface area (Å²) >= 11 is 2.68. The molecule has 0 aliphatic rings. The predicted molar refractivity (Wildman–Crippen MR) is 95.0 cm³/mol. The monoisotopic (exact) mass is 367 g/mol. The van der Waals surface area contributed by atoms with Crippen LogP contribution in [-0.2, 0) is 10.5 Å². The summed E-state index contributed by atoms with van der Waals surface area (Å²) in [6.45, 7) is 0. The van der Waals surface area contributed by atoms with Gasteiger partial charge in [0.05, 0.1) is 31.2 Å². The number of hydrogen-bond acceptors (Lipinski definition) is 7. The van der Waals surface area contributed by atoms with Gasteiger partial charge in [0.15, 0.2) is 16.6 Å². The van der Waals surface area contributed by atoms with Crippen LogP contribution >= 0.6 is 23.1 Å². The van der Waals surface area contributed by atoms with E-state index in [2.05, 4.69) is 10.3 Å². The molecule has 0 fully saturated rings. The van der Waals surface area contributed by atoms with Crippen molar-refractivity contribution in [1.82, 2.24) is 4.98 Å². The van der Waals surface area contributed by atoms with Gasteiger partial charge >= 0.3 is 0 Å². The third kappa shape index (κ3) is 4.62. The van der Waals surface area contributed by atoms with Crippen LogP contribution in [-0.4, -0.2) is 36.8 Å². The second-order valence-corrected chi connectivity index (χ2v) is 6.44. The van der Waals surface area contributed by atoms with Crippen LogP contribution < -0.4 is 20.5 Å². The zero-order valence-corrected chi connectivity index (χ0v) is 14.8. The number of ether oxygens (including phenoxy) is 2. The van der Waals surface area contributed by atoms with Crippen molar-refractivity contribution in [2.45, 2.75) is 5.75 Å². The number of carbonyl (C=O) groups is 2. The number of thioether (sulfide) groups is 1. The number of benzene rings is 1. The molecule has 0 saturated heterocycles. The average molecular weight is 367 g/mol. The highest BCUT2D eigenvalue weighted by atomic mass is 32.2. The number of rotatable bonds is 8. The quantitative estimate of drug-likeness (QED) is 0.741. The minimum atomic E-state index is -0.367. The van der Waals surface area contributed by atoms with Crippen molar-refractivity contribution in [3.63, 3.8) is 0 Å². The van der Waals surface area contributed by atoms with Crippen LogP contribution in [0.25, 0.3) is 0 Å². The Morgan fingerprint density at radius 1 is 1.33 bits per heavy atom. The van der Waals surface area contributed by atoms with Gasteiger partial charge in [-0.25, -0.2) is 4.98 Å². The van der Waals surface area contributed by atoms with E-state index < -0.39 is 0 Å². The maximum atomic E-state index is 12.4. The number of thiazole rings is 1. The number of hydrogen-bond donors (Lipinski definition) is 2. The summed E-state index contributed by atoms with van der Waals surface area (Å²) in [6.07, 6.45) is 0. The molecule has 3 N–H and O–H groups in total. The van der Waals surface area contributed by atoms with E-state index in [1.54, 1.807) is 18.2 Å². The van der Waals surface area contributed by atoms with Crippen LogP contribution in [0.4, 0.5) is 5.13 Å². The maximum absolute atomic E-state index is 12.4. The number of aromatic nitrogens is 1. The smallest absolute Gasteiger partial charge is 0.261 e. The summed E-state index contributed by atoms with van der Waals surface area (Å²) in [5, 5.41) is 5.03. The van der Waals surface area contributed by atoms with Gasteiger partial charge in [0, 0.05) is 11.1 Å². The first-order valence-electron chi connectivity index (χ1n) is 6.88. The minimum Gasteiger partial charge on any atom is -0.493 e. The maximum Gasteiger partial charge on any atom is 0.261 e. The number of nitrogens with zero attached hydrogens (tertiary/aromatic N) is 1. The molecule has 0 bridgehead atoms. The molecule has 24 heavy (non-hydrogen) atoms. The normalized spacial score (nSPS) is 10.2. The molecule has 0 radical (unpaired) electrons. The Balaban J connectivity index is 2.05. The Morgan fingerprint density at radius 2 is 2.12 bits per heavy atom. The van der Waals surface area contributed by atoms with Gasteiger partial charge in [0.25, 0.3) is 5.91 Å². The van der Waals surface area contributed by atoms with Crippen LogP contribution in [0.5, 0.6) is 11.5 Å². The molecule has 2 rings (SSSR count). The fourth-order valence-corrected chi connectivity index (χ4v) is 3.39. The van der Waals surface area contributed by atoms with E-state index in [1.807, 2.05) is 5.38 Å². The number of anilines is 1. The number of methoxy groups -OCH3 is 2. The lowest BCUT2D eigenvalue weighted by atomic mass is 10.1. The first-order valence-corrected chi connectivity index (χ1v) is 8.91. The standard InChI is InChI=1S/C15H17N3O4S2/c1-21-11-5-3-4-10(13(11)22-2)14(20)18-15-17-9(7-24-15)6-23-8-12(16)19/h3-5,7H,6,8H2,1-2H3,(H2,16,19)(H,17,18,20). The summed E-state index contributed by atoms with van der Waals surface area (Å²) in [7, 11) is 2.99. The van der Waals surface area contributed by atoms with Crippen LogP contribution in [0.2, 0.25) is 0 Å². The molecular weight excluding hydrogens is 350 g/mol. The lowest BCUT2D eigenvalue weighted by molar-refractivity contribution is -0.115. The van der Waals surface area contributed by atoms with Gasteiger partial charge in [0.2, 0.25) is 5.91 Å². The molecule has 2 aromatic rings. The van der Waals surface area contributed by atoms with Gasteiger partial charge < -0.3 is 15.2 Å². The zero-order chi connectivity index (χ0) is 17.5. The number of nitrogens with one attached hydrogen (secondary N) is 1. The first-order chi connectivity index (χ1) is 11.5. The summed E-state index contributed by atoms with van der Waals surface area (Å²) in [5.41, 5.74) is 6.22. The van der Waals surface area contributed by atoms with E-state index in [-0.39, 0.29) is 17.6 Å². The van der Waals surface area contributed by atoms with Gasteiger partial charge in [-0.1, -0.05) is 6.07 Å². The molecule has 9 heteroatoms. The van der Waals surface area contributed by atoms with Crippen LogP contribution in [0.15, 0.2) is 23.6 Å². The third-order valence-corrected chi connectivity index (χ3v) is 4.71. The van der Waals surface area contributed by atoms with E-state index in [0.717, 1.165) is 5.69 Å². The third-order valence-electron chi connectivity index (χ3n) is 2.91. The predicted octanol–water partition coefficient (Wildman–Crippen LogP) is 2.13. The Morgan fingerprint density at radius 3 is 2.79 bits per heavy atom. The molecule has 128 valence electrons. The molecule has 2 amide bonds.